The van der Waals surface area contributed by atoms with Crippen molar-refractivity contribution >= 4 is 45.1 Å². The zero-order valence-electron chi connectivity index (χ0n) is 10.4. The van der Waals surface area contributed by atoms with E-state index in [1.165, 1.54) is 30.3 Å². The summed E-state index contributed by atoms with van der Waals surface area (Å²) < 4.78 is 14.0. The number of amides is 1. The molecule has 108 valence electrons. The van der Waals surface area contributed by atoms with Crippen molar-refractivity contribution in [1.82, 2.24) is 0 Å². The molecule has 0 aromatic heterocycles. The van der Waals surface area contributed by atoms with E-state index in [0.717, 1.165) is 6.07 Å². The van der Waals surface area contributed by atoms with E-state index in [1.807, 2.05) is 0 Å². The van der Waals surface area contributed by atoms with Crippen molar-refractivity contribution in [1.29, 1.82) is 0 Å². The molecule has 0 bridgehead atoms. The summed E-state index contributed by atoms with van der Waals surface area (Å²) in [5.74, 6) is -2.66. The van der Waals surface area contributed by atoms with Gasteiger partial charge in [-0.2, -0.15) is 0 Å². The largest absolute Gasteiger partial charge is 0.478 e. The lowest BCUT2D eigenvalue weighted by atomic mass is 10.1. The number of carbonyl (C=O) groups excluding carboxylic acids is 1. The van der Waals surface area contributed by atoms with Gasteiger partial charge >= 0.3 is 5.97 Å². The van der Waals surface area contributed by atoms with Crippen molar-refractivity contribution in [2.24, 2.45) is 0 Å². The Morgan fingerprint density at radius 1 is 1.24 bits per heavy atom. The van der Waals surface area contributed by atoms with Crippen LogP contribution in [-0.4, -0.2) is 17.0 Å². The van der Waals surface area contributed by atoms with E-state index in [9.17, 15) is 14.0 Å². The van der Waals surface area contributed by atoms with Crippen LogP contribution < -0.4 is 5.32 Å². The van der Waals surface area contributed by atoms with Crippen molar-refractivity contribution in [3.8, 4) is 0 Å². The normalized spacial score (nSPS) is 10.2. The van der Waals surface area contributed by atoms with Crippen LogP contribution in [0.3, 0.4) is 0 Å². The van der Waals surface area contributed by atoms with Gasteiger partial charge in [0.2, 0.25) is 0 Å². The molecule has 0 radical (unpaired) electrons. The standard InChI is InChI=1S/C14H8BrClFNO3/c15-9-5-4-7(6-8(9)14(20)21)18-13(19)12-10(16)2-1-3-11(12)17/h1-6H,(H,18,19)(H,20,21). The number of carboxylic acids is 1. The van der Waals surface area contributed by atoms with Crippen LogP contribution in [0.4, 0.5) is 10.1 Å². The van der Waals surface area contributed by atoms with E-state index in [2.05, 4.69) is 21.2 Å². The highest BCUT2D eigenvalue weighted by molar-refractivity contribution is 9.10. The Morgan fingerprint density at radius 3 is 2.57 bits per heavy atom. The molecule has 4 nitrogen and oxygen atoms in total. The smallest absolute Gasteiger partial charge is 0.336 e. The first kappa shape index (κ1) is 15.5. The van der Waals surface area contributed by atoms with Crippen molar-refractivity contribution in [3.63, 3.8) is 0 Å². The van der Waals surface area contributed by atoms with Crippen LogP contribution in [0, 0.1) is 5.82 Å². The topological polar surface area (TPSA) is 66.4 Å². The van der Waals surface area contributed by atoms with Crippen LogP contribution in [0.1, 0.15) is 20.7 Å². The Morgan fingerprint density at radius 2 is 1.95 bits per heavy atom. The Balaban J connectivity index is 2.32. The molecule has 2 N–H and O–H groups in total. The fourth-order valence-electron chi connectivity index (χ4n) is 1.68. The molecule has 1 amide bonds. The molecule has 2 aromatic carbocycles. The molecule has 0 saturated carbocycles. The van der Waals surface area contributed by atoms with Gasteiger partial charge in [-0.1, -0.05) is 17.7 Å². The van der Waals surface area contributed by atoms with Gasteiger partial charge in [0.25, 0.3) is 5.91 Å². The fourth-order valence-corrected chi connectivity index (χ4v) is 2.34. The Bertz CT molecular complexity index is 716. The molecule has 0 saturated heterocycles. The van der Waals surface area contributed by atoms with Gasteiger partial charge in [0, 0.05) is 10.2 Å². The molecule has 0 spiro atoms. The van der Waals surface area contributed by atoms with E-state index in [1.54, 1.807) is 0 Å². The highest BCUT2D eigenvalue weighted by atomic mass is 79.9. The first-order valence-corrected chi connectivity index (χ1v) is 6.85. The number of benzene rings is 2. The Labute approximate surface area is 132 Å². The maximum absolute atomic E-state index is 13.6. The van der Waals surface area contributed by atoms with Gasteiger partial charge in [-0.25, -0.2) is 9.18 Å². The summed E-state index contributed by atoms with van der Waals surface area (Å²) in [6, 6.07) is 8.12. The molecule has 7 heteroatoms. The highest BCUT2D eigenvalue weighted by Crippen LogP contribution is 2.24. The average Bonchev–Trinajstić information content (AvgIpc) is 2.40. The van der Waals surface area contributed by atoms with E-state index in [-0.39, 0.29) is 21.8 Å². The minimum Gasteiger partial charge on any atom is -0.478 e. The Hall–Kier alpha value is -1.92. The molecule has 0 unspecified atom stereocenters. The zero-order chi connectivity index (χ0) is 15.6. The molecular weight excluding hydrogens is 365 g/mol. The number of hydrogen-bond donors (Lipinski definition) is 2. The zero-order valence-corrected chi connectivity index (χ0v) is 12.7. The third-order valence-corrected chi connectivity index (χ3v) is 3.65. The molecule has 21 heavy (non-hydrogen) atoms. The van der Waals surface area contributed by atoms with Gasteiger partial charge in [-0.3, -0.25) is 4.79 Å². The van der Waals surface area contributed by atoms with E-state index in [4.69, 9.17) is 16.7 Å². The summed E-state index contributed by atoms with van der Waals surface area (Å²) in [7, 11) is 0. The van der Waals surface area contributed by atoms with Crippen LogP contribution in [0.5, 0.6) is 0 Å². The van der Waals surface area contributed by atoms with E-state index >= 15 is 0 Å². The monoisotopic (exact) mass is 371 g/mol. The van der Waals surface area contributed by atoms with Gasteiger partial charge in [-0.05, 0) is 46.3 Å². The lowest BCUT2D eigenvalue weighted by molar-refractivity contribution is 0.0695. The van der Waals surface area contributed by atoms with Crippen molar-refractivity contribution in [2.75, 3.05) is 5.32 Å². The molecule has 0 aliphatic carbocycles. The van der Waals surface area contributed by atoms with Crippen molar-refractivity contribution in [2.45, 2.75) is 0 Å². The number of carboxylic acid groups (broad SMARTS) is 1. The summed E-state index contributed by atoms with van der Waals surface area (Å²) in [6.07, 6.45) is 0. The first-order valence-electron chi connectivity index (χ1n) is 5.68. The molecule has 0 aliphatic rings. The lowest BCUT2D eigenvalue weighted by Gasteiger charge is -2.09. The summed E-state index contributed by atoms with van der Waals surface area (Å²) in [5.41, 5.74) is -0.0914. The maximum Gasteiger partial charge on any atom is 0.336 e. The van der Waals surface area contributed by atoms with Crippen LogP contribution in [0.15, 0.2) is 40.9 Å². The number of anilines is 1. The summed E-state index contributed by atoms with van der Waals surface area (Å²) in [5, 5.41) is 11.4. The summed E-state index contributed by atoms with van der Waals surface area (Å²) in [4.78, 5) is 23.0. The molecule has 2 rings (SSSR count). The number of rotatable bonds is 3. The maximum atomic E-state index is 13.6. The number of halogens is 3. The van der Waals surface area contributed by atoms with Crippen molar-refractivity contribution in [3.05, 3.63) is 62.8 Å². The van der Waals surface area contributed by atoms with Crippen molar-refractivity contribution < 1.29 is 19.1 Å². The molecular formula is C14H8BrClFNO3. The minimum absolute atomic E-state index is 0.0209. The fraction of sp³-hybridized carbons (Fsp3) is 0. The Kier molecular flexibility index (Phi) is 4.59. The van der Waals surface area contributed by atoms with Crippen LogP contribution in [0.25, 0.3) is 0 Å². The van der Waals surface area contributed by atoms with Gasteiger partial charge in [0.1, 0.15) is 5.82 Å². The second-order valence-electron chi connectivity index (χ2n) is 4.05. The number of carbonyl (C=O) groups is 2. The van der Waals surface area contributed by atoms with E-state index in [0.29, 0.717) is 4.47 Å². The average molecular weight is 373 g/mol. The highest BCUT2D eigenvalue weighted by Gasteiger charge is 2.17. The van der Waals surface area contributed by atoms with Gasteiger partial charge in [0.15, 0.2) is 0 Å². The van der Waals surface area contributed by atoms with Crippen LogP contribution in [0.2, 0.25) is 5.02 Å². The van der Waals surface area contributed by atoms with Gasteiger partial charge in [-0.15, -0.1) is 0 Å². The molecule has 0 fully saturated rings. The number of hydrogen-bond acceptors (Lipinski definition) is 2. The van der Waals surface area contributed by atoms with Crippen LogP contribution in [-0.2, 0) is 0 Å². The third kappa shape index (κ3) is 3.40. The molecule has 0 aliphatic heterocycles. The second-order valence-corrected chi connectivity index (χ2v) is 5.31. The first-order chi connectivity index (χ1) is 9.90. The second kappa shape index (κ2) is 6.24. The number of nitrogens with one attached hydrogen (secondary N) is 1. The number of aromatic carboxylic acids is 1. The van der Waals surface area contributed by atoms with Gasteiger partial charge < -0.3 is 10.4 Å². The molecule has 2 aromatic rings. The lowest BCUT2D eigenvalue weighted by Crippen LogP contribution is -2.15. The minimum atomic E-state index is -1.15. The molecule has 0 atom stereocenters. The molecule has 0 heterocycles. The van der Waals surface area contributed by atoms with Crippen LogP contribution >= 0.6 is 27.5 Å². The third-order valence-electron chi connectivity index (χ3n) is 2.64. The SMILES string of the molecule is O=C(O)c1cc(NC(=O)c2c(F)cccc2Cl)ccc1Br. The van der Waals surface area contributed by atoms with Gasteiger partial charge in [0.05, 0.1) is 16.1 Å². The van der Waals surface area contributed by atoms with E-state index < -0.39 is 17.7 Å². The summed E-state index contributed by atoms with van der Waals surface area (Å²) in [6.45, 7) is 0. The predicted octanol–water partition coefficient (Wildman–Crippen LogP) is 4.19. The quantitative estimate of drug-likeness (QED) is 0.849. The predicted molar refractivity (Wildman–Crippen MR) is 80.5 cm³/mol. The summed E-state index contributed by atoms with van der Waals surface area (Å²) >= 11 is 8.89.